The molecule has 78 valence electrons. The van der Waals surface area contributed by atoms with Gasteiger partial charge in [0.15, 0.2) is 0 Å². The first kappa shape index (κ1) is 11.1. The molecule has 0 amide bonds. The highest BCUT2D eigenvalue weighted by Crippen LogP contribution is 2.32. The van der Waals surface area contributed by atoms with Crippen LogP contribution in [0.15, 0.2) is 25.8 Å². The van der Waals surface area contributed by atoms with Crippen molar-refractivity contribution < 1.29 is 4.42 Å². The van der Waals surface area contributed by atoms with Gasteiger partial charge in [0, 0.05) is 25.4 Å². The van der Waals surface area contributed by atoms with E-state index in [0.29, 0.717) is 15.7 Å². The molecule has 0 fully saturated rings. The van der Waals surface area contributed by atoms with Crippen LogP contribution in [0.25, 0.3) is 11.5 Å². The van der Waals surface area contributed by atoms with Crippen LogP contribution in [-0.4, -0.2) is 10.2 Å². The molecule has 3 nitrogen and oxygen atoms in total. The van der Waals surface area contributed by atoms with E-state index in [1.165, 1.54) is 0 Å². The summed E-state index contributed by atoms with van der Waals surface area (Å²) in [7, 11) is 0. The van der Waals surface area contributed by atoms with Gasteiger partial charge < -0.3 is 4.42 Å². The number of nitrogens with zero attached hydrogens (tertiary/aromatic N) is 2. The third-order valence-corrected chi connectivity index (χ3v) is 3.26. The summed E-state index contributed by atoms with van der Waals surface area (Å²) in [5.41, 5.74) is 1.77. The van der Waals surface area contributed by atoms with Crippen molar-refractivity contribution in [2.24, 2.45) is 0 Å². The second kappa shape index (κ2) is 4.23. The van der Waals surface area contributed by atoms with Crippen LogP contribution in [-0.2, 0) is 0 Å². The van der Waals surface area contributed by atoms with Crippen LogP contribution in [0, 0.1) is 6.92 Å². The SMILES string of the molecule is Cc1cc(Br)c(-c2nnc(Br)o2)cc1Cl. The highest BCUT2D eigenvalue weighted by molar-refractivity contribution is 9.10. The van der Waals surface area contributed by atoms with Gasteiger partial charge >= 0.3 is 0 Å². The van der Waals surface area contributed by atoms with Crippen LogP contribution >= 0.6 is 43.5 Å². The number of hydrogen-bond donors (Lipinski definition) is 0. The van der Waals surface area contributed by atoms with Crippen LogP contribution in [0.2, 0.25) is 5.02 Å². The Hall–Kier alpha value is -0.390. The van der Waals surface area contributed by atoms with Crippen molar-refractivity contribution in [3.05, 3.63) is 32.0 Å². The van der Waals surface area contributed by atoms with Gasteiger partial charge in [0.1, 0.15) is 0 Å². The molecular formula is C9H5Br2ClN2O. The van der Waals surface area contributed by atoms with Gasteiger partial charge in [0.2, 0.25) is 5.89 Å². The highest BCUT2D eigenvalue weighted by atomic mass is 79.9. The summed E-state index contributed by atoms with van der Waals surface area (Å²) in [6, 6.07) is 3.71. The van der Waals surface area contributed by atoms with Gasteiger partial charge in [0.25, 0.3) is 4.80 Å². The highest BCUT2D eigenvalue weighted by Gasteiger charge is 2.12. The minimum Gasteiger partial charge on any atom is -0.411 e. The van der Waals surface area contributed by atoms with Crippen molar-refractivity contribution in [2.45, 2.75) is 6.92 Å². The van der Waals surface area contributed by atoms with E-state index in [9.17, 15) is 0 Å². The second-order valence-electron chi connectivity index (χ2n) is 2.94. The van der Waals surface area contributed by atoms with Crippen LogP contribution in [0.1, 0.15) is 5.56 Å². The molecule has 0 aliphatic heterocycles. The third kappa shape index (κ3) is 2.24. The lowest BCUT2D eigenvalue weighted by molar-refractivity contribution is 0.540. The van der Waals surface area contributed by atoms with Gasteiger partial charge in [-0.15, -0.1) is 10.2 Å². The average molecular weight is 352 g/mol. The minimum atomic E-state index is 0.348. The third-order valence-electron chi connectivity index (χ3n) is 1.88. The topological polar surface area (TPSA) is 38.9 Å². The Kier molecular flexibility index (Phi) is 3.13. The van der Waals surface area contributed by atoms with Crippen molar-refractivity contribution in [3.8, 4) is 11.5 Å². The standard InChI is InChI=1S/C9H5Br2ClN2O/c1-4-2-6(10)5(3-7(4)12)8-13-14-9(11)15-8/h2-3H,1H3. The molecule has 0 atom stereocenters. The molecule has 0 bridgehead atoms. The van der Waals surface area contributed by atoms with Crippen LogP contribution in [0.5, 0.6) is 0 Å². The molecule has 2 rings (SSSR count). The lowest BCUT2D eigenvalue weighted by Crippen LogP contribution is -1.83. The minimum absolute atomic E-state index is 0.348. The summed E-state index contributed by atoms with van der Waals surface area (Å²) >= 11 is 12.5. The molecule has 0 aliphatic rings. The molecule has 1 heterocycles. The monoisotopic (exact) mass is 350 g/mol. The zero-order valence-corrected chi connectivity index (χ0v) is 11.5. The fourth-order valence-electron chi connectivity index (χ4n) is 1.12. The lowest BCUT2D eigenvalue weighted by atomic mass is 10.1. The predicted molar refractivity (Wildman–Crippen MR) is 64.9 cm³/mol. The Balaban J connectivity index is 2.58. The number of aromatic nitrogens is 2. The Morgan fingerprint density at radius 2 is 2.00 bits per heavy atom. The summed E-state index contributed by atoms with van der Waals surface area (Å²) in [6.07, 6.45) is 0. The quantitative estimate of drug-likeness (QED) is 0.771. The van der Waals surface area contributed by atoms with E-state index in [1.807, 2.05) is 13.0 Å². The van der Waals surface area contributed by atoms with Gasteiger partial charge in [-0.05, 0) is 40.5 Å². The largest absolute Gasteiger partial charge is 0.411 e. The van der Waals surface area contributed by atoms with Gasteiger partial charge in [-0.1, -0.05) is 11.6 Å². The number of hydrogen-bond acceptors (Lipinski definition) is 3. The molecule has 0 saturated heterocycles. The molecule has 0 N–H and O–H groups in total. The van der Waals surface area contributed by atoms with E-state index < -0.39 is 0 Å². The molecule has 0 spiro atoms. The van der Waals surface area contributed by atoms with Crippen LogP contribution in [0.3, 0.4) is 0 Å². The van der Waals surface area contributed by atoms with E-state index >= 15 is 0 Å². The Morgan fingerprint density at radius 3 is 2.60 bits per heavy atom. The molecule has 0 radical (unpaired) electrons. The fourth-order valence-corrected chi connectivity index (χ4v) is 2.15. The molecule has 1 aromatic heterocycles. The van der Waals surface area contributed by atoms with Gasteiger partial charge in [-0.3, -0.25) is 0 Å². The molecule has 6 heteroatoms. The van der Waals surface area contributed by atoms with Crippen molar-refractivity contribution in [3.63, 3.8) is 0 Å². The summed E-state index contributed by atoms with van der Waals surface area (Å²) in [5.74, 6) is 0.427. The van der Waals surface area contributed by atoms with Crippen molar-refractivity contribution >= 4 is 43.5 Å². The number of rotatable bonds is 1. The fraction of sp³-hybridized carbons (Fsp3) is 0.111. The van der Waals surface area contributed by atoms with Crippen molar-refractivity contribution in [1.82, 2.24) is 10.2 Å². The van der Waals surface area contributed by atoms with Gasteiger partial charge in [-0.25, -0.2) is 0 Å². The first-order valence-electron chi connectivity index (χ1n) is 4.03. The van der Waals surface area contributed by atoms with Gasteiger partial charge in [0.05, 0.1) is 5.56 Å². The summed E-state index contributed by atoms with van der Waals surface area (Å²) in [4.78, 5) is 0.348. The summed E-state index contributed by atoms with van der Waals surface area (Å²) < 4.78 is 6.13. The molecule has 15 heavy (non-hydrogen) atoms. The summed E-state index contributed by atoms with van der Waals surface area (Å²) in [5, 5.41) is 8.26. The first-order valence-corrected chi connectivity index (χ1v) is 5.99. The smallest absolute Gasteiger partial charge is 0.285 e. The van der Waals surface area contributed by atoms with E-state index in [-0.39, 0.29) is 0 Å². The van der Waals surface area contributed by atoms with Crippen LogP contribution < -0.4 is 0 Å². The maximum atomic E-state index is 6.02. The normalized spacial score (nSPS) is 10.7. The van der Waals surface area contributed by atoms with Crippen molar-refractivity contribution in [1.29, 1.82) is 0 Å². The Morgan fingerprint density at radius 1 is 1.27 bits per heavy atom. The molecule has 2 aromatic rings. The van der Waals surface area contributed by atoms with E-state index in [1.54, 1.807) is 6.07 Å². The number of benzene rings is 1. The van der Waals surface area contributed by atoms with E-state index in [2.05, 4.69) is 42.1 Å². The maximum Gasteiger partial charge on any atom is 0.285 e. The molecule has 0 unspecified atom stereocenters. The lowest BCUT2D eigenvalue weighted by Gasteiger charge is -2.03. The summed E-state index contributed by atoms with van der Waals surface area (Å²) in [6.45, 7) is 1.93. The number of halogens is 3. The Labute approximate surface area is 108 Å². The molecular weight excluding hydrogens is 347 g/mol. The zero-order valence-electron chi connectivity index (χ0n) is 7.59. The second-order valence-corrected chi connectivity index (χ2v) is 4.88. The van der Waals surface area contributed by atoms with Crippen LogP contribution in [0.4, 0.5) is 0 Å². The first-order chi connectivity index (χ1) is 7.08. The average Bonchev–Trinajstić information content (AvgIpc) is 2.58. The Bertz CT molecular complexity index is 513. The van der Waals surface area contributed by atoms with E-state index in [4.69, 9.17) is 16.0 Å². The van der Waals surface area contributed by atoms with Crippen molar-refractivity contribution in [2.75, 3.05) is 0 Å². The molecule has 0 aliphatic carbocycles. The maximum absolute atomic E-state index is 6.02. The zero-order chi connectivity index (χ0) is 11.0. The number of aryl methyl sites for hydroxylation is 1. The van der Waals surface area contributed by atoms with E-state index in [0.717, 1.165) is 15.6 Å². The molecule has 0 saturated carbocycles. The molecule has 1 aromatic carbocycles. The predicted octanol–water partition coefficient (Wildman–Crippen LogP) is 4.22. The van der Waals surface area contributed by atoms with Gasteiger partial charge in [-0.2, -0.15) is 0 Å².